The first-order valence-electron chi connectivity index (χ1n) is 26.3. The largest absolute Gasteiger partial charge is 0.259 e. The van der Waals surface area contributed by atoms with Crippen molar-refractivity contribution in [1.82, 2.24) is 24.9 Å². The molecule has 5 aromatic heterocycles. The van der Waals surface area contributed by atoms with Crippen molar-refractivity contribution in [1.29, 1.82) is 0 Å². The third-order valence-corrected chi connectivity index (χ3v) is 16.6. The fourth-order valence-corrected chi connectivity index (χ4v) is 11.7. The van der Waals surface area contributed by atoms with Crippen LogP contribution in [0.4, 0.5) is 22.0 Å². The molecule has 5 nitrogen and oxygen atoms in total. The van der Waals surface area contributed by atoms with Crippen molar-refractivity contribution in [2.45, 2.75) is 225 Å². The Bertz CT molecular complexity index is 2760. The molecule has 0 saturated heterocycles. The molecule has 5 heterocycles. The highest BCUT2D eigenvalue weighted by Gasteiger charge is 2.37. The average molecular weight is 1360 g/mol. The summed E-state index contributed by atoms with van der Waals surface area (Å²) in [6, 6.07) is 6.59. The van der Waals surface area contributed by atoms with Crippen LogP contribution in [0.2, 0.25) is 0 Å². The van der Waals surface area contributed by atoms with E-state index in [1.165, 1.54) is 68.6 Å². The molecule has 0 bridgehead atoms. The van der Waals surface area contributed by atoms with E-state index in [0.29, 0.717) is 43.1 Å². The summed E-state index contributed by atoms with van der Waals surface area (Å²) >= 11 is 16.6. The van der Waals surface area contributed by atoms with Crippen LogP contribution in [-0.4, -0.2) is 24.9 Å². The Balaban J connectivity index is 0.000000152. The van der Waals surface area contributed by atoms with E-state index in [1.807, 2.05) is 6.07 Å². The van der Waals surface area contributed by atoms with Crippen LogP contribution in [-0.2, 0) is 27.1 Å². The Morgan fingerprint density at radius 1 is 0.387 bits per heavy atom. The standard InChI is InChI=1S/5C12H15BrFN/c1-12(2,3)11-9(7-4-5-7)10(14)8(13)6-15-11;1-12(2,3)11-10(7-4-5-7)8(13)6-9(14)15-11;1-12(2,3)11-10(13)8(7-4-5-7)6-9(14)15-11;1-12(2,3)10-8(7-4-5-7)6-9(14)11(13)15-10;1-12(2,3)10-8(7-4-5-7)6-9(13)11(14)15-10/h5*6-7H,4-5H2,1-3H3. The highest BCUT2D eigenvalue weighted by atomic mass is 79.9. The van der Waals surface area contributed by atoms with Gasteiger partial charge in [0.2, 0.25) is 17.8 Å². The van der Waals surface area contributed by atoms with E-state index < -0.39 is 11.9 Å². The molecule has 0 unspecified atom stereocenters. The van der Waals surface area contributed by atoms with E-state index in [0.717, 1.165) is 66.9 Å². The fraction of sp³-hybridized carbons (Fsp3) is 0.583. The van der Waals surface area contributed by atoms with Gasteiger partial charge in [-0.2, -0.15) is 13.2 Å². The van der Waals surface area contributed by atoms with Crippen LogP contribution in [0, 0.1) is 29.5 Å². The van der Waals surface area contributed by atoms with Crippen LogP contribution in [0.15, 0.2) is 53.0 Å². The molecule has 5 fully saturated rings. The van der Waals surface area contributed by atoms with Crippen molar-refractivity contribution < 1.29 is 22.0 Å². The van der Waals surface area contributed by atoms with Crippen molar-refractivity contribution in [2.24, 2.45) is 0 Å². The normalized spacial score (nSPS) is 16.9. The van der Waals surface area contributed by atoms with Crippen LogP contribution in [0.1, 0.15) is 254 Å². The molecule has 0 amide bonds. The summed E-state index contributed by atoms with van der Waals surface area (Å²) in [5.74, 6) is 1.15. The molecule has 0 radical (unpaired) electrons. The molecule has 75 heavy (non-hydrogen) atoms. The number of aromatic nitrogens is 5. The van der Waals surface area contributed by atoms with E-state index in [9.17, 15) is 22.0 Å². The molecule has 410 valence electrons. The maximum atomic E-state index is 14.0. The number of pyridine rings is 5. The van der Waals surface area contributed by atoms with E-state index in [-0.39, 0.29) is 44.7 Å². The zero-order valence-corrected chi connectivity index (χ0v) is 54.3. The van der Waals surface area contributed by atoms with E-state index in [1.54, 1.807) is 18.3 Å². The second-order valence-corrected chi connectivity index (χ2v) is 30.2. The van der Waals surface area contributed by atoms with Gasteiger partial charge in [-0.15, -0.1) is 0 Å². The van der Waals surface area contributed by atoms with Gasteiger partial charge in [0, 0.05) is 53.8 Å². The molecule has 0 spiro atoms. The quantitative estimate of drug-likeness (QED) is 0.130. The topological polar surface area (TPSA) is 64.5 Å². The molecule has 5 aliphatic rings. The van der Waals surface area contributed by atoms with Gasteiger partial charge in [-0.3, -0.25) is 4.98 Å². The van der Waals surface area contributed by atoms with Gasteiger partial charge in [-0.25, -0.2) is 28.7 Å². The molecule has 5 aromatic rings. The first-order chi connectivity index (χ1) is 34.5. The second-order valence-electron chi connectivity index (χ2n) is 26.1. The summed E-state index contributed by atoms with van der Waals surface area (Å²) in [5, 5.41) is 0. The number of hydrogen-bond donors (Lipinski definition) is 0. The fourth-order valence-electron chi connectivity index (χ4n) is 8.93. The first kappa shape index (κ1) is 62.0. The minimum atomic E-state index is -0.399. The average Bonchev–Trinajstić information content (AvgIpc) is 4.06. The van der Waals surface area contributed by atoms with Crippen LogP contribution in [0.25, 0.3) is 0 Å². The molecule has 5 saturated carbocycles. The van der Waals surface area contributed by atoms with Gasteiger partial charge in [0.15, 0.2) is 5.82 Å². The smallest absolute Gasteiger partial charge is 0.227 e. The predicted molar refractivity (Wildman–Crippen MR) is 313 cm³/mol. The summed E-state index contributed by atoms with van der Waals surface area (Å²) in [7, 11) is 0. The van der Waals surface area contributed by atoms with Crippen molar-refractivity contribution >= 4 is 79.6 Å². The Morgan fingerprint density at radius 2 is 0.787 bits per heavy atom. The minimum Gasteiger partial charge on any atom is -0.259 e. The van der Waals surface area contributed by atoms with Crippen molar-refractivity contribution in [2.75, 3.05) is 0 Å². The number of hydrogen-bond acceptors (Lipinski definition) is 5. The van der Waals surface area contributed by atoms with Gasteiger partial charge < -0.3 is 0 Å². The summed E-state index contributed by atoms with van der Waals surface area (Å²) in [6.07, 6.45) is 13.3. The first-order valence-corrected chi connectivity index (χ1v) is 30.2. The summed E-state index contributed by atoms with van der Waals surface area (Å²) < 4.78 is 70.7. The molecular formula is C60H75Br5F5N5. The van der Waals surface area contributed by atoms with Crippen molar-refractivity contribution in [3.8, 4) is 0 Å². The molecule has 5 aliphatic carbocycles. The highest BCUT2D eigenvalue weighted by Crippen LogP contribution is 2.50. The summed E-state index contributed by atoms with van der Waals surface area (Å²) in [5.41, 5.74) is 9.61. The lowest BCUT2D eigenvalue weighted by Crippen LogP contribution is -2.17. The molecule has 0 aromatic carbocycles. The third kappa shape index (κ3) is 16.9. The van der Waals surface area contributed by atoms with Gasteiger partial charge in [-0.1, -0.05) is 120 Å². The monoisotopic (exact) mass is 1360 g/mol. The van der Waals surface area contributed by atoms with Crippen LogP contribution in [0.3, 0.4) is 0 Å². The lowest BCUT2D eigenvalue weighted by molar-refractivity contribution is 0.513. The van der Waals surface area contributed by atoms with Crippen LogP contribution >= 0.6 is 79.6 Å². The van der Waals surface area contributed by atoms with Gasteiger partial charge >= 0.3 is 0 Å². The highest BCUT2D eigenvalue weighted by molar-refractivity contribution is 9.11. The molecule has 15 heteroatoms. The Labute approximate surface area is 486 Å². The number of rotatable bonds is 5. The van der Waals surface area contributed by atoms with Gasteiger partial charge in [0.1, 0.15) is 10.4 Å². The molecule has 0 N–H and O–H groups in total. The zero-order valence-electron chi connectivity index (χ0n) is 46.4. The molecule has 10 rings (SSSR count). The molecular weight excluding hydrogens is 1290 g/mol. The maximum Gasteiger partial charge on any atom is 0.227 e. The molecule has 0 aliphatic heterocycles. The van der Waals surface area contributed by atoms with E-state index in [4.69, 9.17) is 0 Å². The van der Waals surface area contributed by atoms with Crippen LogP contribution in [0.5, 0.6) is 0 Å². The number of halogens is 10. The van der Waals surface area contributed by atoms with Gasteiger partial charge in [-0.05, 0) is 198 Å². The SMILES string of the molecule is CC(C)(C)c1nc(Br)c(F)cc1C1CC1.CC(C)(C)c1nc(F)c(Br)cc1C1CC1.CC(C)(C)c1nc(F)cc(Br)c1C1CC1.CC(C)(C)c1nc(F)cc(C2CC2)c1Br.CC(C)(C)c1ncc(Br)c(F)c1C1CC1. The van der Waals surface area contributed by atoms with E-state index >= 15 is 0 Å². The van der Waals surface area contributed by atoms with E-state index in [2.05, 4.69) is 208 Å². The second kappa shape index (κ2) is 23.9. The Morgan fingerprint density at radius 3 is 1.24 bits per heavy atom. The Hall–Kier alpha value is -2.20. The lowest BCUT2D eigenvalue weighted by atomic mass is 9.87. The third-order valence-electron chi connectivity index (χ3n) is 13.4. The molecule has 0 atom stereocenters. The predicted octanol–water partition coefficient (Wildman–Crippen LogP) is 20.8. The Kier molecular flexibility index (Phi) is 19.7. The zero-order chi connectivity index (χ0) is 56.1. The lowest BCUT2D eigenvalue weighted by Gasteiger charge is -2.22. The van der Waals surface area contributed by atoms with Gasteiger partial charge in [0.05, 0.1) is 37.4 Å². The summed E-state index contributed by atoms with van der Waals surface area (Å²) in [4.78, 5) is 20.9. The summed E-state index contributed by atoms with van der Waals surface area (Å²) in [6.45, 7) is 31.2. The van der Waals surface area contributed by atoms with Crippen LogP contribution < -0.4 is 0 Å². The maximum absolute atomic E-state index is 14.0. The van der Waals surface area contributed by atoms with Gasteiger partial charge in [0.25, 0.3) is 0 Å². The minimum absolute atomic E-state index is 0.0197. The number of nitrogens with zero attached hydrogens (tertiary/aromatic N) is 5. The van der Waals surface area contributed by atoms with Crippen molar-refractivity contribution in [3.05, 3.63) is 139 Å². The van der Waals surface area contributed by atoms with Crippen molar-refractivity contribution in [3.63, 3.8) is 0 Å².